The van der Waals surface area contributed by atoms with Crippen molar-refractivity contribution in [2.75, 3.05) is 0 Å². The first-order valence-electron chi connectivity index (χ1n) is 12.8. The van der Waals surface area contributed by atoms with E-state index in [4.69, 9.17) is 23.8 Å². The van der Waals surface area contributed by atoms with Gasteiger partial charge in [-0.1, -0.05) is 60.7 Å². The van der Waals surface area contributed by atoms with Gasteiger partial charge in [0, 0.05) is 38.2 Å². The predicted octanol–water partition coefficient (Wildman–Crippen LogP) is 8.54. The van der Waals surface area contributed by atoms with Crippen molar-refractivity contribution in [3.05, 3.63) is 115 Å². The molecule has 186 valence electrons. The Morgan fingerprint density at radius 3 is 1.48 bits per heavy atom. The lowest BCUT2D eigenvalue weighted by Gasteiger charge is -2.08. The van der Waals surface area contributed by atoms with Crippen LogP contribution in [0.5, 0.6) is 0 Å². The molecule has 0 saturated carbocycles. The van der Waals surface area contributed by atoms with Gasteiger partial charge in [0.15, 0.2) is 17.5 Å². The third kappa shape index (κ3) is 3.53. The lowest BCUT2D eigenvalue weighted by atomic mass is 10.1. The van der Waals surface area contributed by atoms with E-state index >= 15 is 0 Å². The number of nitrogens with zero attached hydrogens (tertiary/aromatic N) is 4. The highest BCUT2D eigenvalue weighted by atomic mass is 16.3. The summed E-state index contributed by atoms with van der Waals surface area (Å²) < 4.78 is 12.4. The summed E-state index contributed by atoms with van der Waals surface area (Å²) in [5, 5.41) is 13.0. The van der Waals surface area contributed by atoms with Crippen LogP contribution in [-0.4, -0.2) is 15.0 Å². The molecule has 0 bridgehead atoms. The van der Waals surface area contributed by atoms with Crippen LogP contribution in [0.3, 0.4) is 0 Å². The number of hydrogen-bond acceptors (Lipinski definition) is 6. The minimum Gasteiger partial charge on any atom is -0.456 e. The second-order valence-corrected chi connectivity index (χ2v) is 9.62. The van der Waals surface area contributed by atoms with Gasteiger partial charge in [-0.3, -0.25) is 0 Å². The zero-order chi connectivity index (χ0) is 26.6. The molecule has 0 aliphatic heterocycles. The minimum atomic E-state index is 0.581. The maximum atomic E-state index is 9.34. The average Bonchev–Trinajstić information content (AvgIpc) is 3.56. The van der Waals surface area contributed by atoms with Crippen LogP contribution in [-0.2, 0) is 0 Å². The van der Waals surface area contributed by atoms with Gasteiger partial charge in [0.1, 0.15) is 22.3 Å². The van der Waals surface area contributed by atoms with Crippen molar-refractivity contribution in [1.82, 2.24) is 15.0 Å². The average molecular weight is 515 g/mol. The minimum absolute atomic E-state index is 0.581. The highest BCUT2D eigenvalue weighted by Crippen LogP contribution is 2.38. The summed E-state index contributed by atoms with van der Waals surface area (Å²) in [7, 11) is 0. The molecule has 5 aromatic carbocycles. The van der Waals surface area contributed by atoms with E-state index in [0.29, 0.717) is 23.0 Å². The number of hydrogen-bond donors (Lipinski definition) is 0. The molecule has 0 aliphatic carbocycles. The highest BCUT2D eigenvalue weighted by molar-refractivity contribution is 6.15. The van der Waals surface area contributed by atoms with Crippen molar-refractivity contribution >= 4 is 43.9 Å². The SMILES string of the molecule is N#Cc1ccc2oc3cc4c(cc3c2c1)oc1ccc(-c2nc(-c3ccccc3)nc(-c3ccccc3)n2)cc14. The van der Waals surface area contributed by atoms with Crippen LogP contribution in [0.25, 0.3) is 78.0 Å². The molecule has 0 aliphatic rings. The lowest BCUT2D eigenvalue weighted by molar-refractivity contribution is 0.664. The van der Waals surface area contributed by atoms with E-state index in [0.717, 1.165) is 60.6 Å². The molecule has 0 unspecified atom stereocenters. The molecule has 3 aromatic heterocycles. The number of aromatic nitrogens is 3. The van der Waals surface area contributed by atoms with Gasteiger partial charge < -0.3 is 8.83 Å². The summed E-state index contributed by atoms with van der Waals surface area (Å²) >= 11 is 0. The van der Waals surface area contributed by atoms with Crippen molar-refractivity contribution in [1.29, 1.82) is 5.26 Å². The zero-order valence-corrected chi connectivity index (χ0v) is 21.0. The van der Waals surface area contributed by atoms with Gasteiger partial charge in [-0.2, -0.15) is 5.26 Å². The molecule has 0 amide bonds. The Bertz CT molecular complexity index is 2220. The van der Waals surface area contributed by atoms with Gasteiger partial charge in [-0.05, 0) is 48.5 Å². The van der Waals surface area contributed by atoms with Crippen LogP contribution in [0.1, 0.15) is 5.56 Å². The number of rotatable bonds is 3. The van der Waals surface area contributed by atoms with Crippen molar-refractivity contribution in [3.8, 4) is 40.2 Å². The monoisotopic (exact) mass is 514 g/mol. The molecule has 6 heteroatoms. The molecule has 0 fully saturated rings. The summed E-state index contributed by atoms with van der Waals surface area (Å²) in [6.07, 6.45) is 0. The van der Waals surface area contributed by atoms with Crippen LogP contribution in [0.15, 0.2) is 118 Å². The van der Waals surface area contributed by atoms with E-state index < -0.39 is 0 Å². The first-order valence-corrected chi connectivity index (χ1v) is 12.8. The van der Waals surface area contributed by atoms with Gasteiger partial charge in [-0.15, -0.1) is 0 Å². The van der Waals surface area contributed by atoms with Gasteiger partial charge in [-0.25, -0.2) is 15.0 Å². The van der Waals surface area contributed by atoms with E-state index in [-0.39, 0.29) is 0 Å². The van der Waals surface area contributed by atoms with E-state index in [1.165, 1.54) is 0 Å². The van der Waals surface area contributed by atoms with Gasteiger partial charge in [0.05, 0.1) is 11.6 Å². The van der Waals surface area contributed by atoms with E-state index in [1.54, 1.807) is 6.07 Å². The maximum Gasteiger partial charge on any atom is 0.164 e. The molecular formula is C34H18N4O2. The van der Waals surface area contributed by atoms with Gasteiger partial charge >= 0.3 is 0 Å². The fraction of sp³-hybridized carbons (Fsp3) is 0. The van der Waals surface area contributed by atoms with Crippen LogP contribution in [0.2, 0.25) is 0 Å². The Kier molecular flexibility index (Phi) is 4.78. The third-order valence-corrected chi connectivity index (χ3v) is 7.15. The van der Waals surface area contributed by atoms with Crippen LogP contribution in [0, 0.1) is 11.3 Å². The molecule has 0 atom stereocenters. The standard InChI is InChI=1S/C34H18N4O2/c35-19-20-11-13-28-24(15-20)26-17-31-27(18-30(26)39-28)25-16-23(12-14-29(25)40-31)34-37-32(21-7-3-1-4-8-21)36-33(38-34)22-9-5-2-6-10-22/h1-18H. The fourth-order valence-corrected chi connectivity index (χ4v) is 5.19. The second kappa shape index (κ2) is 8.62. The summed E-state index contributed by atoms with van der Waals surface area (Å²) in [5.41, 5.74) is 6.27. The van der Waals surface area contributed by atoms with Crippen molar-refractivity contribution in [2.24, 2.45) is 0 Å². The van der Waals surface area contributed by atoms with Crippen LogP contribution < -0.4 is 0 Å². The zero-order valence-electron chi connectivity index (χ0n) is 21.0. The molecule has 6 nitrogen and oxygen atoms in total. The van der Waals surface area contributed by atoms with Crippen molar-refractivity contribution in [2.45, 2.75) is 0 Å². The van der Waals surface area contributed by atoms with E-state index in [9.17, 15) is 5.26 Å². The Morgan fingerprint density at radius 2 is 0.925 bits per heavy atom. The normalized spacial score (nSPS) is 11.5. The van der Waals surface area contributed by atoms with Crippen molar-refractivity contribution < 1.29 is 8.83 Å². The summed E-state index contributed by atoms with van der Waals surface area (Å²) in [6, 6.07) is 37.5. The molecule has 0 radical (unpaired) electrons. The number of nitriles is 1. The second-order valence-electron chi connectivity index (χ2n) is 9.62. The molecule has 0 spiro atoms. The first kappa shape index (κ1) is 22.2. The Hall–Kier alpha value is -5.80. The third-order valence-electron chi connectivity index (χ3n) is 7.15. The quantitative estimate of drug-likeness (QED) is 0.235. The predicted molar refractivity (Wildman–Crippen MR) is 155 cm³/mol. The smallest absolute Gasteiger partial charge is 0.164 e. The Labute approximate surface area is 227 Å². The number of furan rings is 2. The summed E-state index contributed by atoms with van der Waals surface area (Å²) in [5.74, 6) is 1.81. The molecule has 8 rings (SSSR count). The molecule has 0 N–H and O–H groups in total. The first-order chi connectivity index (χ1) is 19.7. The Balaban J connectivity index is 1.33. The van der Waals surface area contributed by atoms with Crippen LogP contribution >= 0.6 is 0 Å². The molecule has 8 aromatic rings. The molecule has 40 heavy (non-hydrogen) atoms. The summed E-state index contributed by atoms with van der Waals surface area (Å²) in [6.45, 7) is 0. The largest absolute Gasteiger partial charge is 0.456 e. The molecule has 0 saturated heterocycles. The van der Waals surface area contributed by atoms with Gasteiger partial charge in [0.25, 0.3) is 0 Å². The summed E-state index contributed by atoms with van der Waals surface area (Å²) in [4.78, 5) is 14.5. The molecule has 3 heterocycles. The highest BCUT2D eigenvalue weighted by Gasteiger charge is 2.17. The number of fused-ring (bicyclic) bond motifs is 6. The molecular weight excluding hydrogens is 496 g/mol. The van der Waals surface area contributed by atoms with Crippen LogP contribution in [0.4, 0.5) is 0 Å². The Morgan fingerprint density at radius 1 is 0.450 bits per heavy atom. The van der Waals surface area contributed by atoms with Gasteiger partial charge in [0.2, 0.25) is 0 Å². The van der Waals surface area contributed by atoms with Crippen molar-refractivity contribution in [3.63, 3.8) is 0 Å². The number of benzene rings is 5. The van der Waals surface area contributed by atoms with E-state index in [2.05, 4.69) is 12.1 Å². The lowest BCUT2D eigenvalue weighted by Crippen LogP contribution is -2.00. The maximum absolute atomic E-state index is 9.34. The fourth-order valence-electron chi connectivity index (χ4n) is 5.19. The topological polar surface area (TPSA) is 88.7 Å². The van der Waals surface area contributed by atoms with E-state index in [1.807, 2.05) is 97.1 Å².